The fourth-order valence-corrected chi connectivity index (χ4v) is 2.77. The van der Waals surface area contributed by atoms with Crippen molar-refractivity contribution in [2.75, 3.05) is 13.7 Å². The summed E-state index contributed by atoms with van der Waals surface area (Å²) in [6.07, 6.45) is -4.38. The molecule has 0 amide bonds. The first-order valence-electron chi connectivity index (χ1n) is 8.71. The molecule has 0 spiro atoms. The summed E-state index contributed by atoms with van der Waals surface area (Å²) in [4.78, 5) is 2.13. The molecule has 0 aliphatic carbocycles. The van der Waals surface area contributed by atoms with E-state index in [1.807, 2.05) is 31.2 Å². The first-order valence-corrected chi connectivity index (χ1v) is 8.71. The molecule has 0 radical (unpaired) electrons. The number of tetrazole rings is 1. The van der Waals surface area contributed by atoms with E-state index in [1.54, 1.807) is 7.11 Å². The van der Waals surface area contributed by atoms with Crippen molar-refractivity contribution in [1.82, 2.24) is 25.1 Å². The third-order valence-electron chi connectivity index (χ3n) is 4.35. The summed E-state index contributed by atoms with van der Waals surface area (Å²) in [6, 6.07) is 12.5. The summed E-state index contributed by atoms with van der Waals surface area (Å²) in [5.74, 6) is 1.34. The van der Waals surface area contributed by atoms with Crippen molar-refractivity contribution in [3.05, 3.63) is 65.5 Å². The zero-order valence-corrected chi connectivity index (χ0v) is 15.5. The van der Waals surface area contributed by atoms with Crippen molar-refractivity contribution in [2.24, 2.45) is 0 Å². The molecule has 1 heterocycles. The number of hydrogen-bond donors (Lipinski definition) is 0. The quantitative estimate of drug-likeness (QED) is 0.615. The minimum atomic E-state index is -4.38. The van der Waals surface area contributed by atoms with Gasteiger partial charge in [0.05, 0.1) is 24.9 Å². The van der Waals surface area contributed by atoms with E-state index in [1.165, 1.54) is 16.8 Å². The lowest BCUT2D eigenvalue weighted by atomic mass is 10.2. The van der Waals surface area contributed by atoms with Crippen molar-refractivity contribution < 1.29 is 17.9 Å². The van der Waals surface area contributed by atoms with E-state index in [2.05, 4.69) is 20.4 Å². The first-order chi connectivity index (χ1) is 13.4. The van der Waals surface area contributed by atoms with Gasteiger partial charge in [0.25, 0.3) is 0 Å². The monoisotopic (exact) mass is 391 g/mol. The van der Waals surface area contributed by atoms with E-state index in [4.69, 9.17) is 4.74 Å². The molecule has 6 nitrogen and oxygen atoms in total. The summed E-state index contributed by atoms with van der Waals surface area (Å²) in [5.41, 5.74) is 0.880. The van der Waals surface area contributed by atoms with E-state index >= 15 is 0 Å². The SMILES string of the molecule is CCN(Cc1ccc(OC)cc1)Cc1nnnn1-c1ccc(C(F)(F)F)cc1. The number of hydrogen-bond acceptors (Lipinski definition) is 5. The van der Waals surface area contributed by atoms with Crippen LogP contribution in [0.4, 0.5) is 13.2 Å². The Morgan fingerprint density at radius 3 is 2.25 bits per heavy atom. The van der Waals surface area contributed by atoms with E-state index in [-0.39, 0.29) is 0 Å². The predicted molar refractivity (Wildman–Crippen MR) is 96.9 cm³/mol. The predicted octanol–water partition coefficient (Wildman–Crippen LogP) is 3.71. The van der Waals surface area contributed by atoms with Crippen LogP contribution in [0.2, 0.25) is 0 Å². The maximum Gasteiger partial charge on any atom is 0.416 e. The summed E-state index contributed by atoms with van der Waals surface area (Å²) in [7, 11) is 1.62. The molecular weight excluding hydrogens is 371 g/mol. The maximum atomic E-state index is 12.8. The van der Waals surface area contributed by atoms with Crippen molar-refractivity contribution in [2.45, 2.75) is 26.2 Å². The zero-order valence-electron chi connectivity index (χ0n) is 15.5. The van der Waals surface area contributed by atoms with Crippen molar-refractivity contribution in [3.8, 4) is 11.4 Å². The first kappa shape index (κ1) is 19.8. The van der Waals surface area contributed by atoms with Gasteiger partial charge in [0.15, 0.2) is 5.82 Å². The Bertz CT molecular complexity index is 891. The molecule has 1 aromatic heterocycles. The molecule has 0 bridgehead atoms. The van der Waals surface area contributed by atoms with Gasteiger partial charge >= 0.3 is 6.18 Å². The van der Waals surface area contributed by atoms with Crippen LogP contribution in [0.1, 0.15) is 23.9 Å². The zero-order chi connectivity index (χ0) is 20.1. The highest BCUT2D eigenvalue weighted by molar-refractivity contribution is 5.35. The highest BCUT2D eigenvalue weighted by Gasteiger charge is 2.30. The van der Waals surface area contributed by atoms with Crippen LogP contribution in [-0.4, -0.2) is 38.8 Å². The fourth-order valence-electron chi connectivity index (χ4n) is 2.77. The normalized spacial score (nSPS) is 11.8. The van der Waals surface area contributed by atoms with Crippen molar-refractivity contribution >= 4 is 0 Å². The highest BCUT2D eigenvalue weighted by atomic mass is 19.4. The Hall–Kier alpha value is -2.94. The van der Waals surface area contributed by atoms with Crippen molar-refractivity contribution in [1.29, 1.82) is 0 Å². The summed E-state index contributed by atoms with van der Waals surface area (Å²) in [6.45, 7) is 3.92. The van der Waals surface area contributed by atoms with E-state index < -0.39 is 11.7 Å². The molecule has 0 aliphatic heterocycles. The average molecular weight is 391 g/mol. The third kappa shape index (κ3) is 4.66. The fraction of sp³-hybridized carbons (Fsp3) is 0.316. The molecular formula is C19H20F3N5O. The third-order valence-corrected chi connectivity index (χ3v) is 4.35. The van der Waals surface area contributed by atoms with E-state index in [9.17, 15) is 13.2 Å². The Labute approximate surface area is 160 Å². The summed E-state index contributed by atoms with van der Waals surface area (Å²) < 4.78 is 44.9. The van der Waals surface area contributed by atoms with Crippen LogP contribution >= 0.6 is 0 Å². The second-order valence-electron chi connectivity index (χ2n) is 6.20. The molecule has 3 rings (SSSR count). The number of alkyl halides is 3. The molecule has 2 aromatic carbocycles. The van der Waals surface area contributed by atoms with Crippen LogP contribution in [0.3, 0.4) is 0 Å². The van der Waals surface area contributed by atoms with Gasteiger partial charge in [-0.25, -0.2) is 0 Å². The Balaban J connectivity index is 1.74. The number of nitrogens with zero attached hydrogens (tertiary/aromatic N) is 5. The lowest BCUT2D eigenvalue weighted by molar-refractivity contribution is -0.137. The second-order valence-corrected chi connectivity index (χ2v) is 6.20. The van der Waals surface area contributed by atoms with E-state index in [0.717, 1.165) is 30.0 Å². The number of methoxy groups -OCH3 is 1. The van der Waals surface area contributed by atoms with Crippen LogP contribution in [0.5, 0.6) is 5.75 Å². The van der Waals surface area contributed by atoms with Gasteiger partial charge in [-0.05, 0) is 58.9 Å². The second kappa shape index (κ2) is 8.39. The molecule has 0 unspecified atom stereocenters. The van der Waals surface area contributed by atoms with Gasteiger partial charge < -0.3 is 4.74 Å². The number of aromatic nitrogens is 4. The van der Waals surface area contributed by atoms with Gasteiger partial charge in [-0.1, -0.05) is 19.1 Å². The number of ether oxygens (including phenoxy) is 1. The number of rotatable bonds is 7. The molecule has 0 N–H and O–H groups in total. The molecule has 28 heavy (non-hydrogen) atoms. The highest BCUT2D eigenvalue weighted by Crippen LogP contribution is 2.29. The van der Waals surface area contributed by atoms with E-state index in [0.29, 0.717) is 24.6 Å². The lowest BCUT2D eigenvalue weighted by Gasteiger charge is -2.20. The van der Waals surface area contributed by atoms with Gasteiger partial charge in [-0.2, -0.15) is 17.9 Å². The minimum absolute atomic E-state index is 0.455. The average Bonchev–Trinajstić information content (AvgIpc) is 3.15. The van der Waals surface area contributed by atoms with Crippen LogP contribution in [0, 0.1) is 0 Å². The van der Waals surface area contributed by atoms with Gasteiger partial charge in [0.1, 0.15) is 5.75 Å². The lowest BCUT2D eigenvalue weighted by Crippen LogP contribution is -2.24. The van der Waals surface area contributed by atoms with Gasteiger partial charge in [0, 0.05) is 6.54 Å². The maximum absolute atomic E-state index is 12.8. The Kier molecular flexibility index (Phi) is 5.93. The largest absolute Gasteiger partial charge is 0.497 e. The van der Waals surface area contributed by atoms with Gasteiger partial charge in [-0.15, -0.1) is 5.10 Å². The molecule has 0 saturated carbocycles. The molecule has 0 aliphatic rings. The van der Waals surface area contributed by atoms with Gasteiger partial charge in [-0.3, -0.25) is 4.90 Å². The molecule has 148 valence electrons. The van der Waals surface area contributed by atoms with Crippen LogP contribution in [-0.2, 0) is 19.3 Å². The minimum Gasteiger partial charge on any atom is -0.497 e. The van der Waals surface area contributed by atoms with Crippen molar-refractivity contribution in [3.63, 3.8) is 0 Å². The van der Waals surface area contributed by atoms with Crippen LogP contribution in [0.15, 0.2) is 48.5 Å². The number of benzene rings is 2. The van der Waals surface area contributed by atoms with Crippen LogP contribution in [0.25, 0.3) is 5.69 Å². The number of halogens is 3. The summed E-state index contributed by atoms with van der Waals surface area (Å²) in [5, 5.41) is 11.6. The van der Waals surface area contributed by atoms with Gasteiger partial charge in [0.2, 0.25) is 0 Å². The molecule has 3 aromatic rings. The Morgan fingerprint density at radius 1 is 1.00 bits per heavy atom. The molecule has 0 fully saturated rings. The molecule has 0 saturated heterocycles. The standard InChI is InChI=1S/C19H20F3N5O/c1-3-26(12-14-4-10-17(28-2)11-5-14)13-18-23-24-25-27(18)16-8-6-15(7-9-16)19(20,21)22/h4-11H,3,12-13H2,1-2H3. The summed E-state index contributed by atoms with van der Waals surface area (Å²) >= 11 is 0. The smallest absolute Gasteiger partial charge is 0.416 e. The van der Waals surface area contributed by atoms with Crippen LogP contribution < -0.4 is 4.74 Å². The Morgan fingerprint density at radius 2 is 1.68 bits per heavy atom. The molecule has 0 atom stereocenters. The topological polar surface area (TPSA) is 56.1 Å². The molecule has 9 heteroatoms.